The zero-order chi connectivity index (χ0) is 21.2. The minimum Gasteiger partial charge on any atom is -0.361 e. The van der Waals surface area contributed by atoms with Crippen molar-refractivity contribution in [2.75, 3.05) is 13.2 Å². The molecule has 3 N–H and O–H groups in total. The van der Waals surface area contributed by atoms with E-state index in [1.807, 2.05) is 18.2 Å². The van der Waals surface area contributed by atoms with Gasteiger partial charge in [0.05, 0.1) is 10.6 Å². The Morgan fingerprint density at radius 3 is 2.59 bits per heavy atom. The lowest BCUT2D eigenvalue weighted by Gasteiger charge is -2.55. The van der Waals surface area contributed by atoms with Gasteiger partial charge in [0.15, 0.2) is 0 Å². The molecular weight excluding hydrogens is 398 g/mol. The minimum absolute atomic E-state index is 0.0326. The summed E-state index contributed by atoms with van der Waals surface area (Å²) in [6.07, 6.45) is 0.814. The summed E-state index contributed by atoms with van der Waals surface area (Å²) in [6, 6.07) is 7.34. The van der Waals surface area contributed by atoms with Crippen LogP contribution in [0.4, 0.5) is 0 Å². The van der Waals surface area contributed by atoms with Gasteiger partial charge in [-0.25, -0.2) is 0 Å². The molecule has 0 aromatic heterocycles. The van der Waals surface area contributed by atoms with Crippen molar-refractivity contribution in [2.24, 2.45) is 11.7 Å². The molecule has 9 heteroatoms. The summed E-state index contributed by atoms with van der Waals surface area (Å²) in [6.45, 7) is 4.03. The number of rotatable bonds is 8. The van der Waals surface area contributed by atoms with Gasteiger partial charge in [-0.15, -0.1) is 0 Å². The fourth-order valence-electron chi connectivity index (χ4n) is 4.45. The van der Waals surface area contributed by atoms with Crippen LogP contribution in [0, 0.1) is 16.0 Å². The van der Waals surface area contributed by atoms with Crippen LogP contribution >= 0.6 is 11.6 Å². The molecule has 0 spiro atoms. The summed E-state index contributed by atoms with van der Waals surface area (Å²) < 4.78 is 11.8. The topological polar surface area (TPSA) is 117 Å². The number of carbonyl (C=O) groups is 1. The van der Waals surface area contributed by atoms with Gasteiger partial charge in [-0.2, -0.15) is 0 Å². The average molecular weight is 424 g/mol. The van der Waals surface area contributed by atoms with Crippen LogP contribution in [0.1, 0.15) is 38.7 Å². The maximum absolute atomic E-state index is 12.4. The molecule has 29 heavy (non-hydrogen) atoms. The number of aryl methyl sites for hydroxylation is 1. The van der Waals surface area contributed by atoms with Gasteiger partial charge in [-0.1, -0.05) is 23.7 Å². The highest BCUT2D eigenvalue weighted by atomic mass is 35.5. The quantitative estimate of drug-likeness (QED) is 0.375. The second kappa shape index (κ2) is 8.39. The van der Waals surface area contributed by atoms with Crippen molar-refractivity contribution in [3.63, 3.8) is 0 Å². The highest BCUT2D eigenvalue weighted by molar-refractivity contribution is 6.30. The maximum atomic E-state index is 12.4. The van der Waals surface area contributed by atoms with E-state index in [4.69, 9.17) is 26.8 Å². The van der Waals surface area contributed by atoms with E-state index in [9.17, 15) is 14.9 Å². The molecule has 2 atom stereocenters. The second-order valence-corrected chi connectivity index (χ2v) is 7.79. The average Bonchev–Trinajstić information content (AvgIpc) is 2.62. The number of nitrogens with zero attached hydrogens (tertiary/aromatic N) is 1. The minimum atomic E-state index is -1.48. The summed E-state index contributed by atoms with van der Waals surface area (Å²) in [7, 11) is 0. The van der Waals surface area contributed by atoms with E-state index >= 15 is 0 Å². The van der Waals surface area contributed by atoms with Crippen molar-refractivity contribution in [1.29, 1.82) is 0 Å². The number of nitrogens with one attached hydrogen (secondary N) is 1. The number of Topliss-reactive ketones (excluding diaryl/α,β-unsaturated/α-hetero) is 1. The first-order valence-corrected chi connectivity index (χ1v) is 10.1. The third-order valence-electron chi connectivity index (χ3n) is 5.47. The van der Waals surface area contributed by atoms with Gasteiger partial charge in [0.1, 0.15) is 17.4 Å². The summed E-state index contributed by atoms with van der Waals surface area (Å²) in [4.78, 5) is 24.0. The first-order valence-electron chi connectivity index (χ1n) is 9.75. The van der Waals surface area contributed by atoms with Gasteiger partial charge >= 0.3 is 0 Å². The molecular formula is C20H26ClN3O5. The van der Waals surface area contributed by atoms with E-state index in [-0.39, 0.29) is 37.5 Å². The Bertz CT molecular complexity index is 837. The Morgan fingerprint density at radius 2 is 2.00 bits per heavy atom. The largest absolute Gasteiger partial charge is 0.361 e. The third-order valence-corrected chi connectivity index (χ3v) is 5.70. The molecule has 2 bridgehead atoms. The number of benzene rings is 1. The van der Waals surface area contributed by atoms with E-state index in [0.717, 1.165) is 5.56 Å². The Balaban J connectivity index is 2.04. The molecule has 1 aliphatic heterocycles. The molecule has 2 aliphatic rings. The lowest BCUT2D eigenvalue weighted by atomic mass is 9.69. The molecule has 1 fully saturated rings. The molecule has 2 unspecified atom stereocenters. The first-order chi connectivity index (χ1) is 13.8. The Labute approximate surface area is 174 Å². The second-order valence-electron chi connectivity index (χ2n) is 7.35. The smallest absolute Gasteiger partial charge is 0.274 e. The molecule has 1 aliphatic carbocycles. The monoisotopic (exact) mass is 423 g/mol. The van der Waals surface area contributed by atoms with Crippen LogP contribution in [0.15, 0.2) is 35.7 Å². The Morgan fingerprint density at radius 1 is 1.31 bits per heavy atom. The number of hydrogen-bond donors (Lipinski definition) is 2. The fourth-order valence-corrected chi connectivity index (χ4v) is 4.66. The summed E-state index contributed by atoms with van der Waals surface area (Å²) in [5.41, 5.74) is 6.51. The predicted molar refractivity (Wildman–Crippen MR) is 108 cm³/mol. The molecule has 0 amide bonds. The molecule has 1 aromatic rings. The van der Waals surface area contributed by atoms with Crippen molar-refractivity contribution in [1.82, 2.24) is 5.32 Å². The molecule has 0 radical (unpaired) electrons. The molecule has 8 nitrogen and oxygen atoms in total. The zero-order valence-corrected chi connectivity index (χ0v) is 17.3. The van der Waals surface area contributed by atoms with Crippen LogP contribution in [0.5, 0.6) is 0 Å². The van der Waals surface area contributed by atoms with Gasteiger partial charge in [-0.05, 0) is 44.4 Å². The van der Waals surface area contributed by atoms with E-state index in [0.29, 0.717) is 23.6 Å². The van der Waals surface area contributed by atoms with Gasteiger partial charge < -0.3 is 20.5 Å². The molecule has 3 rings (SSSR count). The number of nitro groups is 1. The standard InChI is InChI=1S/C20H26ClN3O5/c1-3-28-20(29-4-2)16-11-15(25)12-19(20,22)23-17(18(16)24(26)27)9-8-13-6-5-7-14(21)10-13/h5-7,10,16,23H,3-4,8-9,11-12,22H2,1-2H3. The van der Waals surface area contributed by atoms with Gasteiger partial charge in [0.25, 0.3) is 5.70 Å². The maximum Gasteiger partial charge on any atom is 0.274 e. The van der Waals surface area contributed by atoms with Crippen LogP contribution in [-0.4, -0.2) is 35.4 Å². The predicted octanol–water partition coefficient (Wildman–Crippen LogP) is 2.77. The van der Waals surface area contributed by atoms with Crippen LogP contribution in [-0.2, 0) is 20.7 Å². The number of halogens is 1. The van der Waals surface area contributed by atoms with Crippen molar-refractivity contribution < 1.29 is 19.2 Å². The molecule has 1 saturated carbocycles. The van der Waals surface area contributed by atoms with E-state index in [1.165, 1.54) is 0 Å². The lowest BCUT2D eigenvalue weighted by molar-refractivity contribution is -0.455. The zero-order valence-electron chi connectivity index (χ0n) is 16.6. The normalized spacial score (nSPS) is 25.7. The van der Waals surface area contributed by atoms with Gasteiger partial charge in [-0.3, -0.25) is 14.9 Å². The van der Waals surface area contributed by atoms with Crippen molar-refractivity contribution in [3.05, 3.63) is 56.4 Å². The fraction of sp³-hybridized carbons (Fsp3) is 0.550. The highest BCUT2D eigenvalue weighted by Crippen LogP contribution is 2.49. The first kappa shape index (κ1) is 21.7. The van der Waals surface area contributed by atoms with Gasteiger partial charge in [0.2, 0.25) is 5.79 Å². The van der Waals surface area contributed by atoms with E-state index < -0.39 is 22.3 Å². The number of ether oxygens (including phenoxy) is 2. The number of nitrogens with two attached hydrogens (primary N) is 1. The number of ketones is 1. The Hall–Kier alpha value is -2.00. The lowest BCUT2D eigenvalue weighted by Crippen LogP contribution is -2.78. The summed E-state index contributed by atoms with van der Waals surface area (Å²) in [5, 5.41) is 15.7. The molecule has 158 valence electrons. The summed E-state index contributed by atoms with van der Waals surface area (Å²) in [5.74, 6) is -2.53. The molecule has 0 saturated heterocycles. The highest BCUT2D eigenvalue weighted by Gasteiger charge is 2.67. The van der Waals surface area contributed by atoms with Crippen LogP contribution in [0.25, 0.3) is 0 Å². The number of hydrogen-bond acceptors (Lipinski definition) is 7. The SMILES string of the molecule is CCOC1(OCC)C2CC(=O)CC1(N)NC(CCc1cccc(Cl)c1)=C2[N+](=O)[O-]. The third kappa shape index (κ3) is 3.90. The van der Waals surface area contributed by atoms with Crippen LogP contribution in [0.3, 0.4) is 0 Å². The Kier molecular flexibility index (Phi) is 6.28. The number of allylic oxidation sites excluding steroid dienone is 1. The number of fused-ring (bicyclic) bond motifs is 2. The van der Waals surface area contributed by atoms with Crippen molar-refractivity contribution in [2.45, 2.75) is 51.0 Å². The van der Waals surface area contributed by atoms with Crippen LogP contribution in [0.2, 0.25) is 5.02 Å². The summed E-state index contributed by atoms with van der Waals surface area (Å²) >= 11 is 6.04. The van der Waals surface area contributed by atoms with E-state index in [2.05, 4.69) is 5.32 Å². The van der Waals surface area contributed by atoms with Gasteiger partial charge in [0, 0.05) is 31.1 Å². The molecule has 1 heterocycles. The van der Waals surface area contributed by atoms with E-state index in [1.54, 1.807) is 19.9 Å². The van der Waals surface area contributed by atoms with Crippen molar-refractivity contribution >= 4 is 17.4 Å². The van der Waals surface area contributed by atoms with Crippen molar-refractivity contribution in [3.8, 4) is 0 Å². The molecule has 1 aromatic carbocycles. The number of carbonyl (C=O) groups excluding carboxylic acids is 1. The van der Waals surface area contributed by atoms with Crippen LogP contribution < -0.4 is 11.1 Å².